The quantitative estimate of drug-likeness (QED) is 0.769. The van der Waals surface area contributed by atoms with E-state index in [-0.39, 0.29) is 17.4 Å². The number of nitrogens with one attached hydrogen (secondary N) is 2. The average Bonchev–Trinajstić information content (AvgIpc) is 3.42. The van der Waals surface area contributed by atoms with Crippen LogP contribution < -0.4 is 10.9 Å². The molecule has 0 bridgehead atoms. The van der Waals surface area contributed by atoms with Crippen LogP contribution in [0.2, 0.25) is 0 Å². The van der Waals surface area contributed by atoms with E-state index < -0.39 is 5.82 Å². The standard InChI is InChI=1S/C18H15FN4O2/c1-9-13(7-20-8-14(9)19)12-4-11-6-21-16(5-15(11)22-18(12)25)23-17(24)10-2-3-10/h4-8,10H,2-3H2,1H3,(H,22,25)(H,21,23,24). The molecule has 0 saturated heterocycles. The third-order valence-electron chi connectivity index (χ3n) is 4.37. The van der Waals surface area contributed by atoms with Crippen molar-refractivity contribution in [3.05, 3.63) is 52.5 Å². The fourth-order valence-corrected chi connectivity index (χ4v) is 2.71. The number of fused-ring (bicyclic) bond motifs is 1. The van der Waals surface area contributed by atoms with Gasteiger partial charge < -0.3 is 10.3 Å². The summed E-state index contributed by atoms with van der Waals surface area (Å²) < 4.78 is 13.7. The highest BCUT2D eigenvalue weighted by Gasteiger charge is 2.29. The van der Waals surface area contributed by atoms with Crippen LogP contribution in [0, 0.1) is 18.7 Å². The SMILES string of the molecule is Cc1c(F)cncc1-c1cc2cnc(NC(=O)C3CC3)cc2[nH]c1=O. The van der Waals surface area contributed by atoms with E-state index in [1.807, 2.05) is 0 Å². The lowest BCUT2D eigenvalue weighted by atomic mass is 10.0. The molecule has 4 rings (SSSR count). The van der Waals surface area contributed by atoms with E-state index in [1.54, 1.807) is 25.3 Å². The van der Waals surface area contributed by atoms with Crippen molar-refractivity contribution in [2.45, 2.75) is 19.8 Å². The minimum absolute atomic E-state index is 0.0488. The van der Waals surface area contributed by atoms with Gasteiger partial charge in [-0.25, -0.2) is 9.37 Å². The van der Waals surface area contributed by atoms with Gasteiger partial charge in [-0.05, 0) is 31.4 Å². The first-order valence-corrected chi connectivity index (χ1v) is 7.97. The van der Waals surface area contributed by atoms with Crippen molar-refractivity contribution in [1.29, 1.82) is 0 Å². The van der Waals surface area contributed by atoms with Crippen molar-refractivity contribution in [3.63, 3.8) is 0 Å². The molecule has 1 saturated carbocycles. The molecule has 3 aromatic rings. The molecule has 1 aliphatic rings. The number of carbonyl (C=O) groups excluding carboxylic acids is 1. The van der Waals surface area contributed by atoms with E-state index in [0.29, 0.717) is 33.4 Å². The topological polar surface area (TPSA) is 87.7 Å². The largest absolute Gasteiger partial charge is 0.321 e. The van der Waals surface area contributed by atoms with Crippen molar-refractivity contribution in [2.75, 3.05) is 5.32 Å². The zero-order valence-corrected chi connectivity index (χ0v) is 13.5. The molecule has 3 heterocycles. The summed E-state index contributed by atoms with van der Waals surface area (Å²) in [4.78, 5) is 35.1. The van der Waals surface area contributed by atoms with Gasteiger partial charge in [-0.3, -0.25) is 14.6 Å². The predicted octanol–water partition coefficient (Wildman–Crippen LogP) is 2.78. The maximum Gasteiger partial charge on any atom is 0.256 e. The van der Waals surface area contributed by atoms with Crippen LogP contribution in [0.25, 0.3) is 22.0 Å². The first kappa shape index (κ1) is 15.4. The summed E-state index contributed by atoms with van der Waals surface area (Å²) >= 11 is 0. The second kappa shape index (κ2) is 5.77. The van der Waals surface area contributed by atoms with Gasteiger partial charge in [0.1, 0.15) is 11.6 Å². The van der Waals surface area contributed by atoms with Crippen LogP contribution in [0.4, 0.5) is 10.2 Å². The summed E-state index contributed by atoms with van der Waals surface area (Å²) in [6.45, 7) is 1.60. The van der Waals surface area contributed by atoms with Crippen LogP contribution in [-0.2, 0) is 4.79 Å². The van der Waals surface area contributed by atoms with Gasteiger partial charge in [0, 0.05) is 40.9 Å². The highest BCUT2D eigenvalue weighted by Crippen LogP contribution is 2.30. The summed E-state index contributed by atoms with van der Waals surface area (Å²) in [5, 5.41) is 3.43. The number of hydrogen-bond acceptors (Lipinski definition) is 4. The smallest absolute Gasteiger partial charge is 0.256 e. The molecule has 0 spiro atoms. The van der Waals surface area contributed by atoms with E-state index >= 15 is 0 Å². The lowest BCUT2D eigenvalue weighted by Crippen LogP contribution is -2.15. The molecular weight excluding hydrogens is 323 g/mol. The normalized spacial score (nSPS) is 13.8. The number of aromatic amines is 1. The minimum Gasteiger partial charge on any atom is -0.321 e. The molecule has 2 N–H and O–H groups in total. The molecule has 0 atom stereocenters. The monoisotopic (exact) mass is 338 g/mol. The Balaban J connectivity index is 1.76. The van der Waals surface area contributed by atoms with Crippen LogP contribution in [0.3, 0.4) is 0 Å². The second-order valence-corrected chi connectivity index (χ2v) is 6.23. The number of anilines is 1. The Morgan fingerprint density at radius 1 is 1.24 bits per heavy atom. The van der Waals surface area contributed by atoms with Crippen molar-refractivity contribution < 1.29 is 9.18 Å². The molecule has 6 nitrogen and oxygen atoms in total. The maximum atomic E-state index is 13.7. The highest BCUT2D eigenvalue weighted by molar-refractivity contribution is 5.95. The summed E-state index contributed by atoms with van der Waals surface area (Å²) in [7, 11) is 0. The molecule has 0 unspecified atom stereocenters. The fraction of sp³-hybridized carbons (Fsp3) is 0.222. The van der Waals surface area contributed by atoms with Crippen molar-refractivity contribution in [2.24, 2.45) is 5.92 Å². The Labute approximate surface area is 142 Å². The summed E-state index contributed by atoms with van der Waals surface area (Å²) in [6.07, 6.45) is 5.96. The van der Waals surface area contributed by atoms with E-state index in [0.717, 1.165) is 19.0 Å². The van der Waals surface area contributed by atoms with Gasteiger partial charge in [-0.15, -0.1) is 0 Å². The molecule has 3 aromatic heterocycles. The predicted molar refractivity (Wildman–Crippen MR) is 91.6 cm³/mol. The average molecular weight is 338 g/mol. The van der Waals surface area contributed by atoms with Crippen molar-refractivity contribution in [1.82, 2.24) is 15.0 Å². The van der Waals surface area contributed by atoms with Gasteiger partial charge >= 0.3 is 0 Å². The zero-order valence-electron chi connectivity index (χ0n) is 13.5. The van der Waals surface area contributed by atoms with E-state index in [9.17, 15) is 14.0 Å². The first-order chi connectivity index (χ1) is 12.0. The summed E-state index contributed by atoms with van der Waals surface area (Å²) in [5.74, 6) is -0.0423. The van der Waals surface area contributed by atoms with E-state index in [4.69, 9.17) is 0 Å². The molecule has 0 radical (unpaired) electrons. The third kappa shape index (κ3) is 2.88. The van der Waals surface area contributed by atoms with Crippen LogP contribution in [0.15, 0.2) is 35.5 Å². The summed E-state index contributed by atoms with van der Waals surface area (Å²) in [6, 6.07) is 3.27. The first-order valence-electron chi connectivity index (χ1n) is 7.97. The van der Waals surface area contributed by atoms with Gasteiger partial charge in [-0.1, -0.05) is 0 Å². The molecule has 25 heavy (non-hydrogen) atoms. The van der Waals surface area contributed by atoms with E-state index in [2.05, 4.69) is 20.3 Å². The zero-order chi connectivity index (χ0) is 17.6. The molecule has 1 amide bonds. The Bertz CT molecular complexity index is 1060. The number of halogens is 1. The van der Waals surface area contributed by atoms with Crippen LogP contribution in [-0.4, -0.2) is 20.9 Å². The van der Waals surface area contributed by atoms with Crippen LogP contribution >= 0.6 is 0 Å². The van der Waals surface area contributed by atoms with Crippen LogP contribution in [0.5, 0.6) is 0 Å². The molecule has 1 fully saturated rings. The van der Waals surface area contributed by atoms with Crippen molar-refractivity contribution in [3.8, 4) is 11.1 Å². The number of nitrogens with zero attached hydrogens (tertiary/aromatic N) is 2. The Hall–Kier alpha value is -3.09. The molecular formula is C18H15FN4O2. The Kier molecular flexibility index (Phi) is 3.56. The fourth-order valence-electron chi connectivity index (χ4n) is 2.71. The number of amides is 1. The van der Waals surface area contributed by atoms with Gasteiger partial charge in [-0.2, -0.15) is 0 Å². The number of H-pyrrole nitrogens is 1. The number of carbonyl (C=O) groups is 1. The Morgan fingerprint density at radius 2 is 2.04 bits per heavy atom. The number of rotatable bonds is 3. The van der Waals surface area contributed by atoms with Gasteiger partial charge in [0.05, 0.1) is 11.7 Å². The third-order valence-corrected chi connectivity index (χ3v) is 4.37. The lowest BCUT2D eigenvalue weighted by molar-refractivity contribution is -0.117. The number of hydrogen-bond donors (Lipinski definition) is 2. The van der Waals surface area contributed by atoms with Gasteiger partial charge in [0.25, 0.3) is 5.56 Å². The van der Waals surface area contributed by atoms with Gasteiger partial charge in [0.2, 0.25) is 5.91 Å². The Morgan fingerprint density at radius 3 is 2.80 bits per heavy atom. The maximum absolute atomic E-state index is 13.7. The summed E-state index contributed by atoms with van der Waals surface area (Å²) in [5.41, 5.74) is 1.33. The van der Waals surface area contributed by atoms with Crippen molar-refractivity contribution >= 4 is 22.6 Å². The second-order valence-electron chi connectivity index (χ2n) is 6.23. The molecule has 0 aromatic carbocycles. The molecule has 7 heteroatoms. The molecule has 126 valence electrons. The lowest BCUT2D eigenvalue weighted by Gasteiger charge is -2.08. The minimum atomic E-state index is -0.465. The molecule has 1 aliphatic carbocycles. The van der Waals surface area contributed by atoms with E-state index in [1.165, 1.54) is 6.20 Å². The van der Waals surface area contributed by atoms with Crippen LogP contribution in [0.1, 0.15) is 18.4 Å². The highest BCUT2D eigenvalue weighted by atomic mass is 19.1. The molecule has 0 aliphatic heterocycles. The van der Waals surface area contributed by atoms with Gasteiger partial charge in [0.15, 0.2) is 0 Å². The number of pyridine rings is 3. The number of aromatic nitrogens is 3.